The number of aromatic nitrogens is 4. The van der Waals surface area contributed by atoms with Gasteiger partial charge >= 0.3 is 0 Å². The molecule has 0 aliphatic heterocycles. The zero-order valence-electron chi connectivity index (χ0n) is 12.4. The monoisotopic (exact) mass is 290 g/mol. The first kappa shape index (κ1) is 15.2. The number of anilines is 1. The molecule has 0 saturated heterocycles. The van der Waals surface area contributed by atoms with Crippen molar-refractivity contribution in [3.05, 3.63) is 29.7 Å². The Morgan fingerprint density at radius 3 is 2.95 bits per heavy atom. The lowest BCUT2D eigenvalue weighted by atomic mass is 10.1. The molecule has 0 aliphatic carbocycles. The highest BCUT2D eigenvalue weighted by Gasteiger charge is 2.15. The smallest absolute Gasteiger partial charge is 0.242 e. The van der Waals surface area contributed by atoms with Crippen molar-refractivity contribution < 1.29 is 4.79 Å². The van der Waals surface area contributed by atoms with Gasteiger partial charge < -0.3 is 11.1 Å². The third kappa shape index (κ3) is 4.71. The van der Waals surface area contributed by atoms with Crippen molar-refractivity contribution in [3.63, 3.8) is 0 Å². The molecule has 1 unspecified atom stereocenters. The van der Waals surface area contributed by atoms with Gasteiger partial charge in [-0.05, 0) is 30.7 Å². The van der Waals surface area contributed by atoms with Crippen LogP contribution in [0.5, 0.6) is 0 Å². The molecular weight excluding hydrogens is 268 g/mol. The van der Waals surface area contributed by atoms with Gasteiger partial charge in [0.05, 0.1) is 12.2 Å². The SMILES string of the molecule is CC(C)Cc1cc(NC(=O)C(N)CCc2cn[nH]c2)n[nH]1. The molecule has 0 bridgehead atoms. The van der Waals surface area contributed by atoms with Crippen LogP contribution in [-0.2, 0) is 17.6 Å². The van der Waals surface area contributed by atoms with Crippen molar-refractivity contribution in [1.82, 2.24) is 20.4 Å². The summed E-state index contributed by atoms with van der Waals surface area (Å²) in [6.07, 6.45) is 5.71. The Morgan fingerprint density at radius 1 is 1.48 bits per heavy atom. The number of amides is 1. The van der Waals surface area contributed by atoms with Gasteiger partial charge in [-0.25, -0.2) is 0 Å². The van der Waals surface area contributed by atoms with Crippen molar-refractivity contribution in [2.24, 2.45) is 11.7 Å². The van der Waals surface area contributed by atoms with E-state index in [0.717, 1.165) is 17.7 Å². The van der Waals surface area contributed by atoms with E-state index in [1.807, 2.05) is 6.07 Å². The number of nitrogens with zero attached hydrogens (tertiary/aromatic N) is 2. The van der Waals surface area contributed by atoms with Crippen LogP contribution >= 0.6 is 0 Å². The Morgan fingerprint density at radius 2 is 2.29 bits per heavy atom. The number of carbonyl (C=O) groups excluding carboxylic acids is 1. The Bertz CT molecular complexity index is 560. The van der Waals surface area contributed by atoms with Crippen molar-refractivity contribution >= 4 is 11.7 Å². The Hall–Kier alpha value is -2.15. The highest BCUT2D eigenvalue weighted by atomic mass is 16.2. The Labute approximate surface area is 123 Å². The van der Waals surface area contributed by atoms with Gasteiger partial charge in [0.2, 0.25) is 5.91 Å². The molecule has 7 heteroatoms. The summed E-state index contributed by atoms with van der Waals surface area (Å²) in [5, 5.41) is 16.3. The van der Waals surface area contributed by atoms with Crippen LogP contribution in [0.15, 0.2) is 18.5 Å². The third-order valence-electron chi connectivity index (χ3n) is 3.15. The minimum atomic E-state index is -0.565. The van der Waals surface area contributed by atoms with Crippen LogP contribution in [-0.4, -0.2) is 32.3 Å². The highest BCUT2D eigenvalue weighted by molar-refractivity contribution is 5.93. The molecule has 0 saturated carbocycles. The molecule has 114 valence electrons. The predicted molar refractivity (Wildman–Crippen MR) is 80.6 cm³/mol. The highest BCUT2D eigenvalue weighted by Crippen LogP contribution is 2.11. The maximum atomic E-state index is 12.0. The molecule has 5 N–H and O–H groups in total. The van der Waals surface area contributed by atoms with E-state index in [2.05, 4.69) is 39.6 Å². The molecule has 0 radical (unpaired) electrons. The van der Waals surface area contributed by atoms with E-state index in [-0.39, 0.29) is 5.91 Å². The topological polar surface area (TPSA) is 112 Å². The van der Waals surface area contributed by atoms with E-state index < -0.39 is 6.04 Å². The summed E-state index contributed by atoms with van der Waals surface area (Å²) in [6.45, 7) is 4.26. The number of aryl methyl sites for hydroxylation is 1. The number of aromatic amines is 2. The van der Waals surface area contributed by atoms with Crippen LogP contribution in [0.25, 0.3) is 0 Å². The molecule has 0 fully saturated rings. The lowest BCUT2D eigenvalue weighted by Crippen LogP contribution is -2.36. The average Bonchev–Trinajstić information content (AvgIpc) is 3.07. The summed E-state index contributed by atoms with van der Waals surface area (Å²) in [6, 6.07) is 1.28. The van der Waals surface area contributed by atoms with E-state index >= 15 is 0 Å². The molecule has 0 spiro atoms. The molecule has 21 heavy (non-hydrogen) atoms. The second-order valence-electron chi connectivity index (χ2n) is 5.62. The number of carbonyl (C=O) groups is 1. The molecule has 2 rings (SSSR count). The number of H-pyrrole nitrogens is 2. The maximum Gasteiger partial charge on any atom is 0.242 e. The largest absolute Gasteiger partial charge is 0.320 e. The van der Waals surface area contributed by atoms with Gasteiger partial charge in [0.25, 0.3) is 0 Å². The second-order valence-corrected chi connectivity index (χ2v) is 5.62. The molecular formula is C14H22N6O. The van der Waals surface area contributed by atoms with Crippen LogP contribution in [0.4, 0.5) is 5.82 Å². The fourth-order valence-corrected chi connectivity index (χ4v) is 2.06. The van der Waals surface area contributed by atoms with Gasteiger partial charge in [0.15, 0.2) is 5.82 Å². The zero-order chi connectivity index (χ0) is 15.2. The van der Waals surface area contributed by atoms with Crippen LogP contribution in [0.1, 0.15) is 31.5 Å². The molecule has 2 heterocycles. The first-order valence-electron chi connectivity index (χ1n) is 7.13. The molecule has 1 atom stereocenters. The number of nitrogens with one attached hydrogen (secondary N) is 3. The van der Waals surface area contributed by atoms with Crippen molar-refractivity contribution in [3.8, 4) is 0 Å². The fourth-order valence-electron chi connectivity index (χ4n) is 2.06. The number of hydrogen-bond acceptors (Lipinski definition) is 4. The van der Waals surface area contributed by atoms with Gasteiger partial charge in [0.1, 0.15) is 0 Å². The van der Waals surface area contributed by atoms with E-state index in [1.165, 1.54) is 0 Å². The normalized spacial score (nSPS) is 12.6. The van der Waals surface area contributed by atoms with Gasteiger partial charge in [-0.15, -0.1) is 0 Å². The number of hydrogen-bond donors (Lipinski definition) is 4. The third-order valence-corrected chi connectivity index (χ3v) is 3.15. The minimum Gasteiger partial charge on any atom is -0.320 e. The first-order valence-corrected chi connectivity index (χ1v) is 7.13. The molecule has 2 aromatic heterocycles. The Balaban J connectivity index is 1.81. The van der Waals surface area contributed by atoms with E-state index in [9.17, 15) is 4.79 Å². The zero-order valence-corrected chi connectivity index (χ0v) is 12.4. The molecule has 0 aromatic carbocycles. The summed E-state index contributed by atoms with van der Waals surface area (Å²) in [5.41, 5.74) is 7.93. The maximum absolute atomic E-state index is 12.0. The molecule has 0 aliphatic rings. The van der Waals surface area contributed by atoms with Crippen molar-refractivity contribution in [1.29, 1.82) is 0 Å². The standard InChI is InChI=1S/C14H22N6O/c1-9(2)5-11-6-13(20-19-11)18-14(21)12(15)4-3-10-7-16-17-8-10/h6-9,12H,3-5,15H2,1-2H3,(H,16,17)(H2,18,19,20,21). The summed E-state index contributed by atoms with van der Waals surface area (Å²) >= 11 is 0. The number of rotatable bonds is 7. The summed E-state index contributed by atoms with van der Waals surface area (Å²) in [7, 11) is 0. The molecule has 2 aromatic rings. The van der Waals surface area contributed by atoms with Crippen molar-refractivity contribution in [2.75, 3.05) is 5.32 Å². The van der Waals surface area contributed by atoms with Gasteiger partial charge in [0, 0.05) is 18.0 Å². The number of nitrogens with two attached hydrogens (primary N) is 1. The fraction of sp³-hybridized carbons (Fsp3) is 0.500. The summed E-state index contributed by atoms with van der Waals surface area (Å²) < 4.78 is 0. The second kappa shape index (κ2) is 7.03. The summed E-state index contributed by atoms with van der Waals surface area (Å²) in [4.78, 5) is 12.0. The first-order chi connectivity index (χ1) is 10.0. The molecule has 7 nitrogen and oxygen atoms in total. The van der Waals surface area contributed by atoms with Crippen LogP contribution in [0, 0.1) is 5.92 Å². The van der Waals surface area contributed by atoms with E-state index in [1.54, 1.807) is 12.4 Å². The van der Waals surface area contributed by atoms with Gasteiger partial charge in [-0.1, -0.05) is 13.8 Å². The van der Waals surface area contributed by atoms with Crippen LogP contribution in [0.2, 0.25) is 0 Å². The van der Waals surface area contributed by atoms with Gasteiger partial charge in [-0.2, -0.15) is 10.2 Å². The van der Waals surface area contributed by atoms with Crippen LogP contribution < -0.4 is 11.1 Å². The van der Waals surface area contributed by atoms with E-state index in [4.69, 9.17) is 5.73 Å². The Kier molecular flexibility index (Phi) is 5.10. The van der Waals surface area contributed by atoms with Crippen molar-refractivity contribution in [2.45, 2.75) is 39.2 Å². The predicted octanol–water partition coefficient (Wildman–Crippen LogP) is 1.23. The minimum absolute atomic E-state index is 0.221. The quantitative estimate of drug-likeness (QED) is 0.614. The van der Waals surface area contributed by atoms with Gasteiger partial charge in [-0.3, -0.25) is 15.0 Å². The average molecular weight is 290 g/mol. The molecule has 1 amide bonds. The lowest BCUT2D eigenvalue weighted by Gasteiger charge is -2.09. The lowest BCUT2D eigenvalue weighted by molar-refractivity contribution is -0.117. The van der Waals surface area contributed by atoms with E-state index in [0.29, 0.717) is 24.6 Å². The summed E-state index contributed by atoms with van der Waals surface area (Å²) in [5.74, 6) is 0.835. The van der Waals surface area contributed by atoms with Crippen LogP contribution in [0.3, 0.4) is 0 Å².